The summed E-state index contributed by atoms with van der Waals surface area (Å²) in [6, 6.07) is 18.1. The summed E-state index contributed by atoms with van der Waals surface area (Å²) in [5.41, 5.74) is 4.23. The van der Waals surface area contributed by atoms with E-state index in [0.717, 1.165) is 47.7 Å². The van der Waals surface area contributed by atoms with E-state index in [9.17, 15) is 28.8 Å². The van der Waals surface area contributed by atoms with Gasteiger partial charge in [0.15, 0.2) is 11.6 Å². The summed E-state index contributed by atoms with van der Waals surface area (Å²) in [6.07, 6.45) is 8.43. The van der Waals surface area contributed by atoms with Crippen molar-refractivity contribution in [1.82, 2.24) is 20.2 Å². The molecule has 0 radical (unpaired) electrons. The number of imide groups is 1. The van der Waals surface area contributed by atoms with E-state index in [0.29, 0.717) is 84.2 Å². The number of nitrogens with zero attached hydrogens (tertiary/aromatic N) is 5. The van der Waals surface area contributed by atoms with Crippen molar-refractivity contribution >= 4 is 80.8 Å². The molecule has 3 aliphatic rings. The number of nitrogens with one attached hydrogen (secondary N) is 2. The maximum atomic E-state index is 13.5. The Balaban J connectivity index is 0.00000680. The van der Waals surface area contributed by atoms with Gasteiger partial charge in [0, 0.05) is 84.8 Å². The van der Waals surface area contributed by atoms with Gasteiger partial charge in [-0.25, -0.2) is 9.97 Å². The molecule has 64 heavy (non-hydrogen) atoms. The molecule has 4 aromatic rings. The van der Waals surface area contributed by atoms with Gasteiger partial charge in [-0.15, -0.1) is 12.4 Å². The smallest absolute Gasteiger partial charge is 0.255 e. The molecule has 1 saturated heterocycles. The summed E-state index contributed by atoms with van der Waals surface area (Å²) >= 11 is 3.52. The SMILES string of the molecule is COc1cc(C(=O)CCCCCCCCC(=O)Nc2cccc3c2CN(C2CCC(=O)NC2=O)C3=O)ccc1Cc1ncc2c(n1)N(Cc1ccc(Br)cc1)CC(C)(C)C(=O)N2C.Cl. The second kappa shape index (κ2) is 20.9. The lowest BCUT2D eigenvalue weighted by Crippen LogP contribution is -2.52. The van der Waals surface area contributed by atoms with Gasteiger partial charge in [0.25, 0.3) is 5.91 Å². The van der Waals surface area contributed by atoms with Gasteiger partial charge in [0.1, 0.15) is 23.3 Å². The minimum Gasteiger partial charge on any atom is -0.496 e. The largest absolute Gasteiger partial charge is 0.496 e. The lowest BCUT2D eigenvalue weighted by atomic mass is 9.91. The molecule has 0 bridgehead atoms. The lowest BCUT2D eigenvalue weighted by Gasteiger charge is -2.29. The molecule has 1 unspecified atom stereocenters. The average Bonchev–Trinajstić information content (AvgIpc) is 3.57. The van der Waals surface area contributed by atoms with E-state index in [1.165, 1.54) is 4.90 Å². The number of unbranched alkanes of at least 4 members (excludes halogenated alkanes) is 5. The van der Waals surface area contributed by atoms with Crippen molar-refractivity contribution in [3.8, 4) is 5.75 Å². The number of hydrogen-bond donors (Lipinski definition) is 2. The Hall–Kier alpha value is -5.67. The average molecular weight is 957 g/mol. The number of ketones is 1. The summed E-state index contributed by atoms with van der Waals surface area (Å²) in [4.78, 5) is 91.7. The minimum atomic E-state index is -0.716. The topological polar surface area (TPSA) is 171 Å². The highest BCUT2D eigenvalue weighted by atomic mass is 79.9. The Morgan fingerprint density at radius 2 is 1.67 bits per heavy atom. The van der Waals surface area contributed by atoms with Crippen LogP contribution in [0.25, 0.3) is 0 Å². The zero-order valence-electron chi connectivity index (χ0n) is 36.7. The number of hydrogen-bond acceptors (Lipinski definition) is 10. The van der Waals surface area contributed by atoms with Crippen LogP contribution in [0, 0.1) is 5.41 Å². The molecule has 4 heterocycles. The van der Waals surface area contributed by atoms with E-state index < -0.39 is 17.4 Å². The zero-order chi connectivity index (χ0) is 44.8. The monoisotopic (exact) mass is 955 g/mol. The van der Waals surface area contributed by atoms with Gasteiger partial charge in [-0.1, -0.05) is 71.9 Å². The van der Waals surface area contributed by atoms with Crippen molar-refractivity contribution in [3.05, 3.63) is 105 Å². The van der Waals surface area contributed by atoms with Crippen LogP contribution in [0.1, 0.15) is 121 Å². The first-order valence-corrected chi connectivity index (χ1v) is 22.4. The second-order valence-electron chi connectivity index (χ2n) is 17.3. The Morgan fingerprint density at radius 1 is 0.953 bits per heavy atom. The standard InChI is InChI=1S/C48H54BrN7O7.ClH/c1-48(2)29-55(27-30-16-20-33(49)21-17-30)44-38(54(3)47(48)62)26-50-41(52-44)25-32-19-18-31(24-40(32)63-4)39(57)14-9-7-5-6-8-10-15-42(58)51-36-13-11-12-34-35(36)28-56(46(34)61)37-22-23-43(59)53-45(37)60;/h11-13,16-21,24,26,37H,5-10,14-15,22-23,25,27-29H2,1-4H3,(H,51,58)(H,53,59,60);1H. The van der Waals surface area contributed by atoms with Crippen LogP contribution < -0.4 is 25.2 Å². The molecule has 16 heteroatoms. The number of halogens is 2. The van der Waals surface area contributed by atoms with E-state index in [2.05, 4.69) is 48.6 Å². The van der Waals surface area contributed by atoms with E-state index in [-0.39, 0.29) is 61.2 Å². The summed E-state index contributed by atoms with van der Waals surface area (Å²) in [7, 11) is 3.36. The fourth-order valence-electron chi connectivity index (χ4n) is 8.65. The lowest BCUT2D eigenvalue weighted by molar-refractivity contribution is -0.137. The summed E-state index contributed by atoms with van der Waals surface area (Å²) in [5, 5.41) is 5.27. The number of anilines is 3. The number of rotatable bonds is 17. The van der Waals surface area contributed by atoms with Crippen LogP contribution in [-0.4, -0.2) is 76.9 Å². The highest BCUT2D eigenvalue weighted by Gasteiger charge is 2.41. The summed E-state index contributed by atoms with van der Waals surface area (Å²) in [5.74, 6) is 0.666. The fraction of sp³-hybridized carbons (Fsp3) is 0.417. The van der Waals surface area contributed by atoms with Crippen molar-refractivity contribution < 1.29 is 33.5 Å². The Kier molecular flexibility index (Phi) is 15.6. The molecular formula is C48H55BrClN7O7. The Bertz CT molecular complexity index is 2430. The Labute approximate surface area is 388 Å². The van der Waals surface area contributed by atoms with Gasteiger partial charge in [0.2, 0.25) is 23.6 Å². The van der Waals surface area contributed by atoms with Gasteiger partial charge < -0.3 is 24.8 Å². The van der Waals surface area contributed by atoms with Crippen LogP contribution in [0.5, 0.6) is 5.75 Å². The number of aromatic nitrogens is 2. The molecule has 1 aromatic heterocycles. The predicted octanol–water partition coefficient (Wildman–Crippen LogP) is 7.97. The number of carbonyl (C=O) groups excluding carboxylic acids is 6. The summed E-state index contributed by atoms with van der Waals surface area (Å²) in [6.45, 7) is 5.15. The van der Waals surface area contributed by atoms with Gasteiger partial charge in [-0.3, -0.25) is 34.1 Å². The third-order valence-corrected chi connectivity index (χ3v) is 12.6. The number of ether oxygens (including phenoxy) is 1. The predicted molar refractivity (Wildman–Crippen MR) is 250 cm³/mol. The van der Waals surface area contributed by atoms with Crippen LogP contribution in [0.15, 0.2) is 71.3 Å². The van der Waals surface area contributed by atoms with E-state index in [1.54, 1.807) is 49.5 Å². The quantitative estimate of drug-likeness (QED) is 0.0601. The van der Waals surface area contributed by atoms with Crippen molar-refractivity contribution in [2.45, 2.75) is 104 Å². The highest BCUT2D eigenvalue weighted by Crippen LogP contribution is 2.38. The van der Waals surface area contributed by atoms with Gasteiger partial charge in [-0.05, 0) is 69.0 Å². The number of fused-ring (bicyclic) bond motifs is 2. The van der Waals surface area contributed by atoms with E-state index in [1.807, 2.05) is 38.1 Å². The molecule has 0 spiro atoms. The maximum Gasteiger partial charge on any atom is 0.255 e. The fourth-order valence-corrected chi connectivity index (χ4v) is 8.92. The van der Waals surface area contributed by atoms with Crippen LogP contribution in [0.2, 0.25) is 0 Å². The number of methoxy groups -OCH3 is 1. The molecule has 2 N–H and O–H groups in total. The second-order valence-corrected chi connectivity index (χ2v) is 18.2. The molecule has 5 amide bonds. The van der Waals surface area contributed by atoms with Gasteiger partial charge in [0.05, 0.1) is 18.7 Å². The van der Waals surface area contributed by atoms with Gasteiger partial charge >= 0.3 is 0 Å². The third-order valence-electron chi connectivity index (χ3n) is 12.1. The summed E-state index contributed by atoms with van der Waals surface area (Å²) < 4.78 is 6.75. The minimum absolute atomic E-state index is 0. The number of Topliss-reactive ketones (excluding diaryl/α,β-unsaturated/α-hetero) is 1. The molecule has 3 aliphatic heterocycles. The molecule has 1 fully saturated rings. The van der Waals surface area contributed by atoms with Crippen LogP contribution in [0.3, 0.4) is 0 Å². The van der Waals surface area contributed by atoms with E-state index in [4.69, 9.17) is 9.72 Å². The highest BCUT2D eigenvalue weighted by molar-refractivity contribution is 9.10. The van der Waals surface area contributed by atoms with Crippen molar-refractivity contribution in [2.24, 2.45) is 5.41 Å². The molecule has 0 saturated carbocycles. The van der Waals surface area contributed by atoms with Crippen LogP contribution >= 0.6 is 28.3 Å². The van der Waals surface area contributed by atoms with Crippen LogP contribution in [0.4, 0.5) is 17.2 Å². The number of benzene rings is 3. The third kappa shape index (κ3) is 11.0. The number of carbonyl (C=O) groups is 6. The first kappa shape index (κ1) is 47.8. The van der Waals surface area contributed by atoms with Crippen LogP contribution in [-0.2, 0) is 38.7 Å². The molecule has 0 aliphatic carbocycles. The first-order chi connectivity index (χ1) is 30.2. The maximum absolute atomic E-state index is 13.5. The molecule has 338 valence electrons. The molecule has 14 nitrogen and oxygen atoms in total. The van der Waals surface area contributed by atoms with Crippen molar-refractivity contribution in [1.29, 1.82) is 0 Å². The van der Waals surface area contributed by atoms with E-state index >= 15 is 0 Å². The molecule has 1 atom stereocenters. The number of piperidine rings is 1. The normalized spacial score (nSPS) is 16.7. The van der Waals surface area contributed by atoms with Crippen molar-refractivity contribution in [2.75, 3.05) is 35.8 Å². The first-order valence-electron chi connectivity index (χ1n) is 21.6. The zero-order valence-corrected chi connectivity index (χ0v) is 39.1. The Morgan fingerprint density at radius 3 is 2.39 bits per heavy atom. The van der Waals surface area contributed by atoms with Crippen molar-refractivity contribution in [3.63, 3.8) is 0 Å². The molecular weight excluding hydrogens is 902 g/mol. The number of amides is 5. The molecule has 3 aromatic carbocycles. The molecule has 7 rings (SSSR count). The van der Waals surface area contributed by atoms with Gasteiger partial charge in [-0.2, -0.15) is 0 Å².